The molecule has 0 spiro atoms. The summed E-state index contributed by atoms with van der Waals surface area (Å²) in [6.45, 7) is 0.482. The van der Waals surface area contributed by atoms with E-state index >= 15 is 0 Å². The second kappa shape index (κ2) is 5.13. The van der Waals surface area contributed by atoms with Gasteiger partial charge in [0, 0.05) is 0 Å². The highest BCUT2D eigenvalue weighted by molar-refractivity contribution is 5.90. The normalized spacial score (nSPS) is 9.40. The summed E-state index contributed by atoms with van der Waals surface area (Å²) in [7, 11) is 1.31. The Hall–Kier alpha value is -1.86. The Morgan fingerprint density at radius 2 is 2.27 bits per heavy atom. The predicted molar refractivity (Wildman–Crippen MR) is 55.3 cm³/mol. The van der Waals surface area contributed by atoms with E-state index in [9.17, 15) is 4.79 Å². The quantitative estimate of drug-likeness (QED) is 0.740. The third-order valence-electron chi connectivity index (χ3n) is 1.98. The molecule has 0 heterocycles. The van der Waals surface area contributed by atoms with Crippen LogP contribution in [0.4, 0.5) is 0 Å². The fraction of sp³-hybridized carbons (Fsp3) is 0.273. The third kappa shape index (κ3) is 2.79. The zero-order chi connectivity index (χ0) is 11.3. The Morgan fingerprint density at radius 3 is 2.80 bits per heavy atom. The fourth-order valence-electron chi connectivity index (χ4n) is 1.30. The monoisotopic (exact) mass is 204 g/mol. The van der Waals surface area contributed by atoms with Crippen LogP contribution in [0.15, 0.2) is 18.2 Å². The van der Waals surface area contributed by atoms with Gasteiger partial charge in [0.25, 0.3) is 0 Å². The van der Waals surface area contributed by atoms with Crippen LogP contribution in [0.3, 0.4) is 0 Å². The van der Waals surface area contributed by atoms with E-state index in [-0.39, 0.29) is 0 Å². The van der Waals surface area contributed by atoms with Crippen LogP contribution in [0, 0.1) is 11.3 Å². The van der Waals surface area contributed by atoms with Gasteiger partial charge in [-0.25, -0.2) is 4.79 Å². The number of esters is 1. The number of methoxy groups -OCH3 is 1. The van der Waals surface area contributed by atoms with Crippen molar-refractivity contribution < 1.29 is 9.53 Å². The zero-order valence-corrected chi connectivity index (χ0v) is 8.49. The predicted octanol–water partition coefficient (Wildman–Crippen LogP) is 0.846. The lowest BCUT2D eigenvalue weighted by molar-refractivity contribution is 0.0600. The second-order valence-electron chi connectivity index (χ2n) is 3.06. The molecule has 0 aromatic heterocycles. The zero-order valence-electron chi connectivity index (χ0n) is 8.49. The minimum Gasteiger partial charge on any atom is -0.465 e. The molecule has 0 aliphatic rings. The van der Waals surface area contributed by atoms with E-state index < -0.39 is 5.97 Å². The maximum absolute atomic E-state index is 11.3. The van der Waals surface area contributed by atoms with Crippen molar-refractivity contribution in [3.63, 3.8) is 0 Å². The van der Waals surface area contributed by atoms with Crippen LogP contribution < -0.4 is 5.73 Å². The van der Waals surface area contributed by atoms with Gasteiger partial charge in [0.2, 0.25) is 0 Å². The van der Waals surface area contributed by atoms with Gasteiger partial charge in [0.1, 0.15) is 0 Å². The molecule has 4 heteroatoms. The molecule has 1 rings (SSSR count). The number of nitrogens with zero attached hydrogens (tertiary/aromatic N) is 1. The van der Waals surface area contributed by atoms with Gasteiger partial charge in [-0.1, -0.05) is 0 Å². The molecule has 0 saturated carbocycles. The molecule has 78 valence electrons. The van der Waals surface area contributed by atoms with Crippen LogP contribution in [0.25, 0.3) is 0 Å². The molecule has 0 atom stereocenters. The van der Waals surface area contributed by atoms with Gasteiger partial charge >= 0.3 is 5.97 Å². The molecule has 1 aromatic rings. The van der Waals surface area contributed by atoms with Crippen molar-refractivity contribution in [2.45, 2.75) is 6.42 Å². The molecule has 0 amide bonds. The molecule has 0 saturated heterocycles. The minimum absolute atomic E-state index is 0.389. The van der Waals surface area contributed by atoms with Crippen molar-refractivity contribution in [3.8, 4) is 6.07 Å². The number of hydrogen-bond donors (Lipinski definition) is 1. The fourth-order valence-corrected chi connectivity index (χ4v) is 1.30. The standard InChI is InChI=1S/C11H12N2O2/c1-15-11(14)10-5-8(2-3-12)4-9(6-10)7-13/h4-6H,2-3,12H2,1H3. The Bertz CT molecular complexity index is 408. The summed E-state index contributed by atoms with van der Waals surface area (Å²) in [5.74, 6) is -0.439. The van der Waals surface area contributed by atoms with Crippen molar-refractivity contribution in [1.82, 2.24) is 0 Å². The number of nitrogens with two attached hydrogens (primary N) is 1. The van der Waals surface area contributed by atoms with E-state index in [2.05, 4.69) is 4.74 Å². The lowest BCUT2D eigenvalue weighted by Crippen LogP contribution is -2.06. The number of hydrogen-bond acceptors (Lipinski definition) is 4. The van der Waals surface area contributed by atoms with Crippen molar-refractivity contribution in [3.05, 3.63) is 34.9 Å². The average Bonchev–Trinajstić information content (AvgIpc) is 2.28. The molecule has 4 nitrogen and oxygen atoms in total. The summed E-state index contributed by atoms with van der Waals surface area (Å²) in [6.07, 6.45) is 0.638. The summed E-state index contributed by atoms with van der Waals surface area (Å²) >= 11 is 0. The van der Waals surface area contributed by atoms with Gasteiger partial charge < -0.3 is 10.5 Å². The van der Waals surface area contributed by atoms with Crippen molar-refractivity contribution in [2.24, 2.45) is 5.73 Å². The highest BCUT2D eigenvalue weighted by Crippen LogP contribution is 2.11. The smallest absolute Gasteiger partial charge is 0.337 e. The first-order valence-electron chi connectivity index (χ1n) is 4.53. The highest BCUT2D eigenvalue weighted by Gasteiger charge is 2.08. The number of carbonyl (C=O) groups excluding carboxylic acids is 1. The number of benzene rings is 1. The maximum atomic E-state index is 11.3. The van der Waals surface area contributed by atoms with Crippen LogP contribution in [0.5, 0.6) is 0 Å². The summed E-state index contributed by atoms with van der Waals surface area (Å²) in [5.41, 5.74) is 7.12. The molecule has 15 heavy (non-hydrogen) atoms. The topological polar surface area (TPSA) is 76.1 Å². The summed E-state index contributed by atoms with van der Waals surface area (Å²) in [6, 6.07) is 6.92. The van der Waals surface area contributed by atoms with Crippen molar-refractivity contribution in [1.29, 1.82) is 5.26 Å². The van der Waals surface area contributed by atoms with Gasteiger partial charge in [0.15, 0.2) is 0 Å². The molecule has 0 unspecified atom stereocenters. The number of nitriles is 1. The Labute approximate surface area is 88.3 Å². The number of rotatable bonds is 3. The van der Waals surface area contributed by atoms with Crippen molar-refractivity contribution in [2.75, 3.05) is 13.7 Å². The molecule has 0 aliphatic carbocycles. The first-order valence-corrected chi connectivity index (χ1v) is 4.53. The Balaban J connectivity index is 3.12. The minimum atomic E-state index is -0.439. The molecule has 0 aliphatic heterocycles. The highest BCUT2D eigenvalue weighted by atomic mass is 16.5. The molecular formula is C11H12N2O2. The van der Waals surface area contributed by atoms with Gasteiger partial charge in [-0.15, -0.1) is 0 Å². The third-order valence-corrected chi connectivity index (χ3v) is 1.98. The van der Waals surface area contributed by atoms with E-state index in [0.717, 1.165) is 5.56 Å². The van der Waals surface area contributed by atoms with Gasteiger partial charge in [-0.05, 0) is 36.7 Å². The van der Waals surface area contributed by atoms with E-state index in [4.69, 9.17) is 11.0 Å². The van der Waals surface area contributed by atoms with Crippen LogP contribution in [-0.2, 0) is 11.2 Å². The second-order valence-corrected chi connectivity index (χ2v) is 3.06. The first kappa shape index (κ1) is 11.2. The van der Waals surface area contributed by atoms with Gasteiger partial charge in [-0.2, -0.15) is 5.26 Å². The molecule has 0 fully saturated rings. The summed E-state index contributed by atoms with van der Waals surface area (Å²) in [5, 5.41) is 8.78. The van der Waals surface area contributed by atoms with Crippen molar-refractivity contribution >= 4 is 5.97 Å². The van der Waals surface area contributed by atoms with Gasteiger partial charge in [-0.3, -0.25) is 0 Å². The van der Waals surface area contributed by atoms with Crippen LogP contribution in [0.2, 0.25) is 0 Å². The van der Waals surface area contributed by atoms with Crippen LogP contribution >= 0.6 is 0 Å². The van der Waals surface area contributed by atoms with Gasteiger partial charge in [0.05, 0.1) is 24.3 Å². The average molecular weight is 204 g/mol. The lowest BCUT2D eigenvalue weighted by atomic mass is 10.0. The van der Waals surface area contributed by atoms with Crippen LogP contribution in [0.1, 0.15) is 21.5 Å². The molecular weight excluding hydrogens is 192 g/mol. The SMILES string of the molecule is COC(=O)c1cc(C#N)cc(CCN)c1. The van der Waals surface area contributed by atoms with E-state index in [0.29, 0.717) is 24.1 Å². The molecule has 0 radical (unpaired) electrons. The first-order chi connectivity index (χ1) is 7.21. The maximum Gasteiger partial charge on any atom is 0.337 e. The number of ether oxygens (including phenoxy) is 1. The van der Waals surface area contributed by atoms with E-state index in [1.807, 2.05) is 6.07 Å². The van der Waals surface area contributed by atoms with E-state index in [1.165, 1.54) is 13.2 Å². The Morgan fingerprint density at radius 1 is 1.53 bits per heavy atom. The molecule has 1 aromatic carbocycles. The lowest BCUT2D eigenvalue weighted by Gasteiger charge is -2.03. The van der Waals surface area contributed by atoms with E-state index in [1.54, 1.807) is 12.1 Å². The molecule has 2 N–H and O–H groups in total. The summed E-state index contributed by atoms with van der Waals surface area (Å²) in [4.78, 5) is 11.3. The van der Waals surface area contributed by atoms with Crippen LogP contribution in [-0.4, -0.2) is 19.6 Å². The largest absolute Gasteiger partial charge is 0.465 e. The number of carbonyl (C=O) groups is 1. The molecule has 0 bridgehead atoms. The Kier molecular flexibility index (Phi) is 3.83. The summed E-state index contributed by atoms with van der Waals surface area (Å²) < 4.78 is 4.59.